The molecule has 2 aromatic carbocycles. The number of hydrogen-bond donors (Lipinski definition) is 0. The van der Waals surface area contributed by atoms with Crippen molar-refractivity contribution in [2.75, 3.05) is 11.5 Å². The summed E-state index contributed by atoms with van der Waals surface area (Å²) < 4.78 is 0. The molecule has 34 heavy (non-hydrogen) atoms. The van der Waals surface area contributed by atoms with Crippen LogP contribution in [0.15, 0.2) is 61.2 Å². The van der Waals surface area contributed by atoms with E-state index < -0.39 is 5.41 Å². The van der Waals surface area contributed by atoms with Gasteiger partial charge in [0.2, 0.25) is 5.91 Å². The molecular formula is C29H35Cl2NOS. The Bertz CT molecular complexity index is 1010. The van der Waals surface area contributed by atoms with Gasteiger partial charge in [0.15, 0.2) is 0 Å². The highest BCUT2D eigenvalue weighted by molar-refractivity contribution is 7.99. The van der Waals surface area contributed by atoms with Gasteiger partial charge in [0.25, 0.3) is 0 Å². The molecule has 0 N–H and O–H groups in total. The molecule has 1 saturated heterocycles. The first-order valence-corrected chi connectivity index (χ1v) is 14.4. The zero-order valence-electron chi connectivity index (χ0n) is 20.2. The van der Waals surface area contributed by atoms with E-state index in [4.69, 9.17) is 23.2 Å². The quantitative estimate of drug-likeness (QED) is 0.295. The largest absolute Gasteiger partial charge is 0.330 e. The van der Waals surface area contributed by atoms with Gasteiger partial charge in [-0.15, -0.1) is 6.58 Å². The lowest BCUT2D eigenvalue weighted by Crippen LogP contribution is -2.57. The van der Waals surface area contributed by atoms with Gasteiger partial charge < -0.3 is 4.90 Å². The second-order valence-electron chi connectivity index (χ2n) is 9.77. The Labute approximate surface area is 219 Å². The lowest BCUT2D eigenvalue weighted by Gasteiger charge is -2.53. The molecule has 0 aromatic heterocycles. The van der Waals surface area contributed by atoms with Gasteiger partial charge in [-0.1, -0.05) is 67.4 Å². The molecule has 2 nitrogen and oxygen atoms in total. The molecule has 4 rings (SSSR count). The van der Waals surface area contributed by atoms with Crippen molar-refractivity contribution in [3.05, 3.63) is 82.4 Å². The van der Waals surface area contributed by atoms with Crippen LogP contribution < -0.4 is 0 Å². The molecule has 2 aromatic rings. The molecule has 0 bridgehead atoms. The van der Waals surface area contributed by atoms with E-state index in [-0.39, 0.29) is 18.0 Å². The summed E-state index contributed by atoms with van der Waals surface area (Å²) in [4.78, 5) is 16.8. The van der Waals surface area contributed by atoms with Gasteiger partial charge in [-0.05, 0) is 79.2 Å². The maximum absolute atomic E-state index is 14.5. The van der Waals surface area contributed by atoms with E-state index in [1.807, 2.05) is 42.1 Å². The minimum absolute atomic E-state index is 0.0456. The second-order valence-corrected chi connectivity index (χ2v) is 12.0. The number of halogens is 2. The number of piperidine rings is 1. The van der Waals surface area contributed by atoms with E-state index in [2.05, 4.69) is 49.6 Å². The van der Waals surface area contributed by atoms with Crippen LogP contribution in [0.2, 0.25) is 10.0 Å². The van der Waals surface area contributed by atoms with Gasteiger partial charge in [0.05, 0.1) is 11.5 Å². The third-order valence-corrected chi connectivity index (χ3v) is 9.17. The van der Waals surface area contributed by atoms with E-state index in [1.54, 1.807) is 0 Å². The third kappa shape index (κ3) is 5.22. The number of hydrogen-bond acceptors (Lipinski definition) is 2. The van der Waals surface area contributed by atoms with Crippen LogP contribution in [0.4, 0.5) is 0 Å². The monoisotopic (exact) mass is 515 g/mol. The molecule has 182 valence electrons. The van der Waals surface area contributed by atoms with E-state index in [0.29, 0.717) is 23.3 Å². The highest BCUT2D eigenvalue weighted by Crippen LogP contribution is 2.55. The van der Waals surface area contributed by atoms with Crippen molar-refractivity contribution in [3.8, 4) is 0 Å². The highest BCUT2D eigenvalue weighted by atomic mass is 35.5. The number of allylic oxidation sites excluding steroid dienone is 1. The maximum atomic E-state index is 14.5. The van der Waals surface area contributed by atoms with Crippen LogP contribution in [-0.2, 0) is 4.79 Å². The van der Waals surface area contributed by atoms with Crippen molar-refractivity contribution in [3.63, 3.8) is 0 Å². The number of likely N-dealkylation sites (tertiary alicyclic amines) is 1. The fraction of sp³-hybridized carbons (Fsp3) is 0.483. The molecule has 1 heterocycles. The number of thioether (sulfide) groups is 1. The third-order valence-electron chi connectivity index (χ3n) is 7.70. The van der Waals surface area contributed by atoms with Crippen LogP contribution in [0.3, 0.4) is 0 Å². The summed E-state index contributed by atoms with van der Waals surface area (Å²) >= 11 is 14.7. The topological polar surface area (TPSA) is 20.3 Å². The molecule has 0 radical (unpaired) electrons. The van der Waals surface area contributed by atoms with Gasteiger partial charge in [-0.2, -0.15) is 11.8 Å². The van der Waals surface area contributed by atoms with Crippen molar-refractivity contribution in [2.45, 2.75) is 64.0 Å². The smallest absolute Gasteiger partial charge is 0.229 e. The molecule has 5 heteroatoms. The molecule has 2 fully saturated rings. The van der Waals surface area contributed by atoms with Crippen molar-refractivity contribution >= 4 is 40.9 Å². The van der Waals surface area contributed by atoms with Gasteiger partial charge in [0.1, 0.15) is 0 Å². The molecule has 4 atom stereocenters. The normalized spacial score (nSPS) is 25.9. The first kappa shape index (κ1) is 25.7. The van der Waals surface area contributed by atoms with Gasteiger partial charge in [-0.3, -0.25) is 4.79 Å². The molecule has 0 unspecified atom stereocenters. The Balaban J connectivity index is 1.90. The first-order valence-electron chi connectivity index (χ1n) is 12.5. The molecule has 1 amide bonds. The molecule has 1 aliphatic heterocycles. The first-order chi connectivity index (χ1) is 16.4. The Morgan fingerprint density at radius 1 is 1.12 bits per heavy atom. The van der Waals surface area contributed by atoms with E-state index in [1.165, 1.54) is 18.4 Å². The number of nitrogens with zero attached hydrogens (tertiary/aromatic N) is 1. The predicted octanol–water partition coefficient (Wildman–Crippen LogP) is 8.55. The summed E-state index contributed by atoms with van der Waals surface area (Å²) in [5.74, 6) is 3.05. The lowest BCUT2D eigenvalue weighted by molar-refractivity contribution is -0.156. The predicted molar refractivity (Wildman–Crippen MR) is 147 cm³/mol. The zero-order chi connectivity index (χ0) is 24.3. The summed E-state index contributed by atoms with van der Waals surface area (Å²) in [6.07, 6.45) is 6.63. The number of benzene rings is 2. The summed E-state index contributed by atoms with van der Waals surface area (Å²) in [7, 11) is 0. The summed E-state index contributed by atoms with van der Waals surface area (Å²) in [5.41, 5.74) is 1.91. The molecule has 1 aliphatic carbocycles. The number of amides is 1. The van der Waals surface area contributed by atoms with Gasteiger partial charge in [-0.25, -0.2) is 0 Å². The van der Waals surface area contributed by atoms with Gasteiger partial charge in [0, 0.05) is 27.8 Å². The van der Waals surface area contributed by atoms with E-state index >= 15 is 0 Å². The standard InChI is InChI=1S/C29H35Cl2NOS/c1-4-16-29(5-2)18-25(22-8-7-9-24(31)17-22)27(21-12-14-23(30)15-13-21)32(28(29)33)26(19-34-6-3)20-10-11-20/h4,7-9,12-15,17,20,25-27H,1,5-6,10-11,16,18-19H2,2-3H3/t25-,26-,27-,29+/m1/s1. The van der Waals surface area contributed by atoms with Gasteiger partial charge >= 0.3 is 0 Å². The van der Waals surface area contributed by atoms with E-state index in [9.17, 15) is 4.79 Å². The minimum atomic E-state index is -0.443. The second kappa shape index (κ2) is 11.1. The fourth-order valence-electron chi connectivity index (χ4n) is 5.71. The van der Waals surface area contributed by atoms with Crippen LogP contribution in [0.5, 0.6) is 0 Å². The Morgan fingerprint density at radius 3 is 2.44 bits per heavy atom. The number of rotatable bonds is 10. The SMILES string of the molecule is C=CC[C@@]1(CC)C[C@H](c2cccc(Cl)c2)[C@@H](c2ccc(Cl)cc2)N([C@H](CSCC)C2CC2)C1=O. The minimum Gasteiger partial charge on any atom is -0.330 e. The van der Waals surface area contributed by atoms with Crippen molar-refractivity contribution in [2.24, 2.45) is 11.3 Å². The Morgan fingerprint density at radius 2 is 1.85 bits per heavy atom. The van der Waals surface area contributed by atoms with Crippen LogP contribution in [-0.4, -0.2) is 28.4 Å². The zero-order valence-corrected chi connectivity index (χ0v) is 22.5. The molecule has 2 aliphatic rings. The summed E-state index contributed by atoms with van der Waals surface area (Å²) in [6, 6.07) is 16.5. The van der Waals surface area contributed by atoms with Crippen LogP contribution in [0.1, 0.15) is 69.0 Å². The molecular weight excluding hydrogens is 481 g/mol. The average Bonchev–Trinajstić information content (AvgIpc) is 3.67. The Kier molecular flexibility index (Phi) is 8.38. The Hall–Kier alpha value is -1.42. The lowest BCUT2D eigenvalue weighted by atomic mass is 9.65. The summed E-state index contributed by atoms with van der Waals surface area (Å²) in [5, 5.41) is 1.45. The maximum Gasteiger partial charge on any atom is 0.229 e. The van der Waals surface area contributed by atoms with Crippen LogP contribution in [0, 0.1) is 11.3 Å². The van der Waals surface area contributed by atoms with Crippen LogP contribution >= 0.6 is 35.0 Å². The van der Waals surface area contributed by atoms with Crippen molar-refractivity contribution < 1.29 is 4.79 Å². The molecule has 1 saturated carbocycles. The highest BCUT2D eigenvalue weighted by Gasteiger charge is 2.54. The molecule has 0 spiro atoms. The van der Waals surface area contributed by atoms with Crippen LogP contribution in [0.25, 0.3) is 0 Å². The summed E-state index contributed by atoms with van der Waals surface area (Å²) in [6.45, 7) is 8.39. The van der Waals surface area contributed by atoms with Crippen molar-refractivity contribution in [1.82, 2.24) is 4.90 Å². The number of carbonyl (C=O) groups excluding carboxylic acids is 1. The number of carbonyl (C=O) groups is 1. The average molecular weight is 517 g/mol. The fourth-order valence-corrected chi connectivity index (χ4v) is 6.95. The van der Waals surface area contributed by atoms with Crippen molar-refractivity contribution in [1.29, 1.82) is 0 Å². The van der Waals surface area contributed by atoms with E-state index in [0.717, 1.165) is 34.9 Å².